The number of anilines is 2. The molecule has 3 aromatic rings. The lowest BCUT2D eigenvalue weighted by Crippen LogP contribution is -2.36. The Balaban J connectivity index is 1.33. The van der Waals surface area contributed by atoms with Crippen molar-refractivity contribution in [2.75, 3.05) is 17.2 Å². The summed E-state index contributed by atoms with van der Waals surface area (Å²) < 4.78 is 26.6. The van der Waals surface area contributed by atoms with E-state index in [-0.39, 0.29) is 47.8 Å². The van der Waals surface area contributed by atoms with Crippen LogP contribution in [-0.2, 0) is 16.1 Å². The van der Waals surface area contributed by atoms with Crippen molar-refractivity contribution in [2.24, 2.45) is 17.8 Å². The first-order valence-electron chi connectivity index (χ1n) is 13.7. The summed E-state index contributed by atoms with van der Waals surface area (Å²) in [5, 5.41) is 15.5. The van der Waals surface area contributed by atoms with Crippen molar-refractivity contribution in [3.63, 3.8) is 0 Å². The third kappa shape index (κ3) is 7.60. The zero-order valence-corrected chi connectivity index (χ0v) is 23.2. The largest absolute Gasteiger partial charge is 0.478 e. The van der Waals surface area contributed by atoms with Gasteiger partial charge in [-0.05, 0) is 79.1 Å². The van der Waals surface area contributed by atoms with Gasteiger partial charge in [-0.15, -0.1) is 0 Å². The first-order chi connectivity index (χ1) is 19.2. The van der Waals surface area contributed by atoms with Crippen molar-refractivity contribution in [3.05, 3.63) is 83.7 Å². The number of ether oxygens (including phenoxy) is 2. The second-order valence-electron chi connectivity index (χ2n) is 10.8. The van der Waals surface area contributed by atoms with Crippen LogP contribution in [0.25, 0.3) is 0 Å². The van der Waals surface area contributed by atoms with Crippen LogP contribution < -0.4 is 15.4 Å². The fraction of sp³-hybridized carbons (Fsp3) is 0.375. The summed E-state index contributed by atoms with van der Waals surface area (Å²) >= 11 is 0. The van der Waals surface area contributed by atoms with E-state index in [0.717, 1.165) is 12.8 Å². The second-order valence-corrected chi connectivity index (χ2v) is 10.8. The molecule has 8 heteroatoms. The number of carboxylic acid groups (broad SMARTS) is 1. The van der Waals surface area contributed by atoms with Crippen molar-refractivity contribution in [2.45, 2.75) is 52.7 Å². The van der Waals surface area contributed by atoms with Crippen LogP contribution in [0, 0.1) is 23.6 Å². The van der Waals surface area contributed by atoms with Crippen LogP contribution in [0.4, 0.5) is 15.8 Å². The van der Waals surface area contributed by atoms with Crippen LogP contribution in [-0.4, -0.2) is 29.7 Å². The Morgan fingerprint density at radius 3 is 2.40 bits per heavy atom. The lowest BCUT2D eigenvalue weighted by Gasteiger charge is -2.37. The third-order valence-corrected chi connectivity index (χ3v) is 7.44. The van der Waals surface area contributed by atoms with Crippen molar-refractivity contribution < 1.29 is 28.6 Å². The molecule has 7 nitrogen and oxygen atoms in total. The Morgan fingerprint density at radius 1 is 0.975 bits per heavy atom. The van der Waals surface area contributed by atoms with Gasteiger partial charge in [0, 0.05) is 23.5 Å². The van der Waals surface area contributed by atoms with Crippen LogP contribution in [0.15, 0.2) is 66.7 Å². The van der Waals surface area contributed by atoms with Gasteiger partial charge < -0.3 is 25.2 Å². The maximum atomic E-state index is 14.7. The molecule has 212 valence electrons. The van der Waals surface area contributed by atoms with E-state index in [2.05, 4.69) is 31.4 Å². The highest BCUT2D eigenvalue weighted by Crippen LogP contribution is 2.35. The lowest BCUT2D eigenvalue weighted by molar-refractivity contribution is -0.126. The van der Waals surface area contributed by atoms with E-state index >= 15 is 0 Å². The molecule has 0 bridgehead atoms. The summed E-state index contributed by atoms with van der Waals surface area (Å²) in [4.78, 5) is 24.1. The summed E-state index contributed by atoms with van der Waals surface area (Å²) in [6.07, 6.45) is 3.43. The van der Waals surface area contributed by atoms with Gasteiger partial charge in [0.2, 0.25) is 5.91 Å². The average molecular weight is 549 g/mol. The van der Waals surface area contributed by atoms with Gasteiger partial charge >= 0.3 is 5.97 Å². The van der Waals surface area contributed by atoms with Gasteiger partial charge in [-0.2, -0.15) is 0 Å². The minimum atomic E-state index is -1.13. The predicted octanol–water partition coefficient (Wildman–Crippen LogP) is 7.34. The maximum absolute atomic E-state index is 14.7. The fourth-order valence-corrected chi connectivity index (χ4v) is 5.20. The lowest BCUT2D eigenvalue weighted by atomic mass is 9.75. The van der Waals surface area contributed by atoms with Crippen LogP contribution in [0.1, 0.15) is 56.0 Å². The standard InChI is InChI=1S/C32H37FN2O5/c1-20(2)24-16-11-21(3)17-30(24)39-19-31(36)35-23-14-12-22(13-15-23)34-18-26-27(33)8-6-10-29(26)40-28-9-5-4-7-25(28)32(37)38/h4-10,12-15,20-21,24,30,34H,11,16-19H2,1-3H3,(H,35,36)(H,37,38). The van der Waals surface area contributed by atoms with Gasteiger partial charge in [-0.3, -0.25) is 4.79 Å². The highest BCUT2D eigenvalue weighted by atomic mass is 19.1. The molecule has 1 aliphatic carbocycles. The summed E-state index contributed by atoms with van der Waals surface area (Å²) in [7, 11) is 0. The van der Waals surface area contributed by atoms with Crippen LogP contribution in [0.5, 0.6) is 11.5 Å². The van der Waals surface area contributed by atoms with Crippen molar-refractivity contribution in [1.29, 1.82) is 0 Å². The molecule has 40 heavy (non-hydrogen) atoms. The molecule has 3 N–H and O–H groups in total. The Hall–Kier alpha value is -3.91. The molecule has 0 saturated heterocycles. The highest BCUT2D eigenvalue weighted by Gasteiger charge is 2.31. The van der Waals surface area contributed by atoms with Crippen molar-refractivity contribution >= 4 is 23.3 Å². The summed E-state index contributed by atoms with van der Waals surface area (Å²) in [6, 6.07) is 17.8. The molecule has 0 radical (unpaired) electrons. The van der Waals surface area contributed by atoms with E-state index in [1.807, 2.05) is 0 Å². The Morgan fingerprint density at radius 2 is 1.68 bits per heavy atom. The molecule has 3 atom stereocenters. The molecule has 3 unspecified atom stereocenters. The summed E-state index contributed by atoms with van der Waals surface area (Å²) in [5.41, 5.74) is 1.60. The van der Waals surface area contributed by atoms with Crippen LogP contribution in [0.2, 0.25) is 0 Å². The molecule has 0 aliphatic heterocycles. The number of carbonyl (C=O) groups is 2. The summed E-state index contributed by atoms with van der Waals surface area (Å²) in [5.74, 6) is 0.144. The topological polar surface area (TPSA) is 96.9 Å². The molecule has 4 rings (SSSR count). The number of carboxylic acids is 1. The number of hydrogen-bond acceptors (Lipinski definition) is 5. The fourth-order valence-electron chi connectivity index (χ4n) is 5.20. The molecule has 1 saturated carbocycles. The number of benzene rings is 3. The molecule has 1 amide bonds. The minimum Gasteiger partial charge on any atom is -0.478 e. The molecule has 3 aromatic carbocycles. The molecular formula is C32H37FN2O5. The molecule has 0 aromatic heterocycles. The number of para-hydroxylation sites is 1. The van der Waals surface area contributed by atoms with Crippen LogP contribution >= 0.6 is 0 Å². The Bertz CT molecular complexity index is 1310. The first kappa shape index (κ1) is 29.1. The molecule has 0 heterocycles. The smallest absolute Gasteiger partial charge is 0.339 e. The van der Waals surface area contributed by atoms with Gasteiger partial charge in [-0.1, -0.05) is 45.4 Å². The van der Waals surface area contributed by atoms with Gasteiger partial charge in [0.05, 0.1) is 6.10 Å². The number of hydrogen-bond donors (Lipinski definition) is 3. The number of nitrogens with one attached hydrogen (secondary N) is 2. The van der Waals surface area contributed by atoms with Crippen molar-refractivity contribution in [3.8, 4) is 11.5 Å². The molecule has 0 spiro atoms. The highest BCUT2D eigenvalue weighted by molar-refractivity contribution is 5.92. The second kappa shape index (κ2) is 13.4. The number of amides is 1. The van der Waals surface area contributed by atoms with E-state index in [1.54, 1.807) is 42.5 Å². The molecule has 1 aliphatic rings. The normalized spacial score (nSPS) is 18.8. The SMILES string of the molecule is CC1CCC(C(C)C)C(OCC(=O)Nc2ccc(NCc3c(F)cccc3Oc3ccccc3C(=O)O)cc2)C1. The van der Waals surface area contributed by atoms with Gasteiger partial charge in [-0.25, -0.2) is 9.18 Å². The van der Waals surface area contributed by atoms with Crippen molar-refractivity contribution in [1.82, 2.24) is 0 Å². The van der Waals surface area contributed by atoms with Gasteiger partial charge in [0.15, 0.2) is 0 Å². The van der Waals surface area contributed by atoms with E-state index in [1.165, 1.54) is 30.7 Å². The van der Waals surface area contributed by atoms with Crippen LogP contribution in [0.3, 0.4) is 0 Å². The monoisotopic (exact) mass is 548 g/mol. The number of carbonyl (C=O) groups excluding carboxylic acids is 1. The average Bonchev–Trinajstić information content (AvgIpc) is 2.92. The predicted molar refractivity (Wildman–Crippen MR) is 153 cm³/mol. The molecular weight excluding hydrogens is 511 g/mol. The van der Waals surface area contributed by atoms with E-state index in [4.69, 9.17) is 9.47 Å². The van der Waals surface area contributed by atoms with Gasteiger partial charge in [0.1, 0.15) is 29.5 Å². The summed E-state index contributed by atoms with van der Waals surface area (Å²) in [6.45, 7) is 6.78. The zero-order valence-electron chi connectivity index (χ0n) is 23.2. The van der Waals surface area contributed by atoms with E-state index in [0.29, 0.717) is 29.1 Å². The number of halogens is 1. The number of rotatable bonds is 11. The van der Waals surface area contributed by atoms with E-state index in [9.17, 15) is 19.1 Å². The quantitative estimate of drug-likeness (QED) is 0.232. The Labute approximate surface area is 234 Å². The third-order valence-electron chi connectivity index (χ3n) is 7.44. The van der Waals surface area contributed by atoms with E-state index < -0.39 is 11.8 Å². The first-order valence-corrected chi connectivity index (χ1v) is 13.7. The maximum Gasteiger partial charge on any atom is 0.339 e. The minimum absolute atomic E-state index is 0.0123. The zero-order chi connectivity index (χ0) is 28.6. The molecule has 1 fully saturated rings. The number of aromatic carboxylic acids is 1. The Kier molecular flexibility index (Phi) is 9.77. The van der Waals surface area contributed by atoms with Gasteiger partial charge in [0.25, 0.3) is 0 Å².